The molecule has 0 bridgehead atoms. The Hall–Kier alpha value is -1.85. The first kappa shape index (κ1) is 14.6. The molecule has 1 unspecified atom stereocenters. The normalized spacial score (nSPS) is 12.5. The van der Waals surface area contributed by atoms with Gasteiger partial charge in [0.25, 0.3) is 0 Å². The highest BCUT2D eigenvalue weighted by Gasteiger charge is 2.22. The van der Waals surface area contributed by atoms with E-state index in [4.69, 9.17) is 5.84 Å². The lowest BCUT2D eigenvalue weighted by Crippen LogP contribution is -2.30. The fourth-order valence-corrected chi connectivity index (χ4v) is 2.22. The van der Waals surface area contributed by atoms with E-state index in [0.29, 0.717) is 16.7 Å². The first-order valence-corrected chi connectivity index (χ1v) is 6.11. The smallest absolute Gasteiger partial charge is 0.134 e. The van der Waals surface area contributed by atoms with Gasteiger partial charge in [0.2, 0.25) is 0 Å². The Morgan fingerprint density at radius 1 is 1.05 bits per heavy atom. The van der Waals surface area contributed by atoms with Crippen LogP contribution < -0.4 is 11.3 Å². The topological polar surface area (TPSA) is 38.0 Å². The lowest BCUT2D eigenvalue weighted by molar-refractivity contribution is 0.504. The predicted molar refractivity (Wildman–Crippen MR) is 71.4 cm³/mol. The Bertz CT molecular complexity index is 621. The molecular formula is C15H15F3N2. The quantitative estimate of drug-likeness (QED) is 0.669. The molecule has 0 aliphatic heterocycles. The fraction of sp³-hybridized carbons (Fsp3) is 0.200. The van der Waals surface area contributed by atoms with Crippen molar-refractivity contribution in [2.45, 2.75) is 19.9 Å². The van der Waals surface area contributed by atoms with Gasteiger partial charge in [0, 0.05) is 5.56 Å². The predicted octanol–water partition coefficient (Wildman–Crippen LogP) is 3.27. The number of hydrogen-bond acceptors (Lipinski definition) is 2. The zero-order chi connectivity index (χ0) is 14.9. The number of aryl methyl sites for hydroxylation is 2. The van der Waals surface area contributed by atoms with E-state index >= 15 is 0 Å². The van der Waals surface area contributed by atoms with Crippen LogP contribution in [0.5, 0.6) is 0 Å². The van der Waals surface area contributed by atoms with E-state index in [2.05, 4.69) is 5.43 Å². The van der Waals surface area contributed by atoms with Crippen LogP contribution >= 0.6 is 0 Å². The van der Waals surface area contributed by atoms with Crippen molar-refractivity contribution in [2.75, 3.05) is 0 Å². The van der Waals surface area contributed by atoms with Gasteiger partial charge in [-0.3, -0.25) is 5.84 Å². The fourth-order valence-electron chi connectivity index (χ4n) is 2.22. The molecular weight excluding hydrogens is 265 g/mol. The number of halogens is 3. The highest BCUT2D eigenvalue weighted by atomic mass is 19.1. The molecule has 0 aliphatic carbocycles. The van der Waals surface area contributed by atoms with Crippen LogP contribution in [0.3, 0.4) is 0 Å². The maximum absolute atomic E-state index is 14.2. The largest absolute Gasteiger partial charge is 0.271 e. The molecule has 0 heterocycles. The summed E-state index contributed by atoms with van der Waals surface area (Å²) in [6.07, 6.45) is 0. The van der Waals surface area contributed by atoms with Gasteiger partial charge in [-0.2, -0.15) is 0 Å². The molecule has 0 aromatic heterocycles. The molecule has 0 saturated heterocycles. The molecule has 2 aromatic carbocycles. The summed E-state index contributed by atoms with van der Waals surface area (Å²) in [6, 6.07) is 5.74. The average molecular weight is 280 g/mol. The minimum absolute atomic E-state index is 0.211. The molecule has 0 aliphatic rings. The summed E-state index contributed by atoms with van der Waals surface area (Å²) < 4.78 is 41.5. The van der Waals surface area contributed by atoms with Crippen LogP contribution in [0.1, 0.15) is 28.3 Å². The van der Waals surface area contributed by atoms with Crippen LogP contribution in [-0.2, 0) is 0 Å². The zero-order valence-electron chi connectivity index (χ0n) is 11.2. The molecule has 1 atom stereocenters. The lowest BCUT2D eigenvalue weighted by Gasteiger charge is -2.19. The molecule has 0 fully saturated rings. The Balaban J connectivity index is 2.61. The van der Waals surface area contributed by atoms with Crippen LogP contribution in [0, 0.1) is 31.3 Å². The third-order valence-electron chi connectivity index (χ3n) is 3.17. The van der Waals surface area contributed by atoms with E-state index in [-0.39, 0.29) is 5.56 Å². The maximum atomic E-state index is 14.2. The standard InChI is InChI=1S/C15H15F3N2/c1-8-5-10(7-11(16)6-8)15(20-19)13-12(17)4-3-9(2)14(13)18/h3-7,15,20H,19H2,1-2H3. The van der Waals surface area contributed by atoms with Gasteiger partial charge < -0.3 is 0 Å². The summed E-state index contributed by atoms with van der Waals surface area (Å²) in [4.78, 5) is 0. The second-order valence-corrected chi connectivity index (χ2v) is 4.75. The molecule has 106 valence electrons. The summed E-state index contributed by atoms with van der Waals surface area (Å²) >= 11 is 0. The number of hydrazine groups is 1. The molecule has 3 N–H and O–H groups in total. The third kappa shape index (κ3) is 2.69. The van der Waals surface area contributed by atoms with E-state index in [9.17, 15) is 13.2 Å². The van der Waals surface area contributed by atoms with E-state index in [0.717, 1.165) is 0 Å². The van der Waals surface area contributed by atoms with Crippen LogP contribution in [-0.4, -0.2) is 0 Å². The minimum Gasteiger partial charge on any atom is -0.271 e. The van der Waals surface area contributed by atoms with Crippen molar-refractivity contribution >= 4 is 0 Å². The highest BCUT2D eigenvalue weighted by molar-refractivity contribution is 5.38. The van der Waals surface area contributed by atoms with Crippen LogP contribution in [0.15, 0.2) is 30.3 Å². The molecule has 0 amide bonds. The Kier molecular flexibility index (Phi) is 4.11. The van der Waals surface area contributed by atoms with Gasteiger partial charge in [0.15, 0.2) is 0 Å². The first-order chi connectivity index (χ1) is 9.43. The number of nitrogens with one attached hydrogen (secondary N) is 1. The van der Waals surface area contributed by atoms with Gasteiger partial charge in [-0.05, 0) is 48.7 Å². The molecule has 0 saturated carbocycles. The third-order valence-corrected chi connectivity index (χ3v) is 3.17. The molecule has 2 nitrogen and oxygen atoms in total. The SMILES string of the molecule is Cc1cc(F)cc(C(NN)c2c(F)ccc(C)c2F)c1. The highest BCUT2D eigenvalue weighted by Crippen LogP contribution is 2.29. The number of rotatable bonds is 3. The molecule has 2 rings (SSSR count). The van der Waals surface area contributed by atoms with Gasteiger partial charge in [-0.15, -0.1) is 0 Å². The van der Waals surface area contributed by atoms with Crippen LogP contribution in [0.4, 0.5) is 13.2 Å². The number of hydrogen-bond donors (Lipinski definition) is 2. The van der Waals surface area contributed by atoms with Crippen LogP contribution in [0.2, 0.25) is 0 Å². The molecule has 20 heavy (non-hydrogen) atoms. The average Bonchev–Trinajstić information content (AvgIpc) is 2.38. The molecule has 0 spiro atoms. The number of nitrogens with two attached hydrogens (primary N) is 1. The maximum Gasteiger partial charge on any atom is 0.134 e. The monoisotopic (exact) mass is 280 g/mol. The second kappa shape index (κ2) is 5.64. The van der Waals surface area contributed by atoms with E-state index < -0.39 is 23.5 Å². The van der Waals surface area contributed by atoms with Crippen molar-refractivity contribution in [3.05, 3.63) is 70.0 Å². The number of benzene rings is 2. The first-order valence-electron chi connectivity index (χ1n) is 6.11. The van der Waals surface area contributed by atoms with Crippen molar-refractivity contribution in [3.8, 4) is 0 Å². The minimum atomic E-state index is -0.954. The van der Waals surface area contributed by atoms with Crippen LogP contribution in [0.25, 0.3) is 0 Å². The van der Waals surface area contributed by atoms with Gasteiger partial charge in [0.05, 0.1) is 6.04 Å². The van der Waals surface area contributed by atoms with Gasteiger partial charge in [0.1, 0.15) is 17.5 Å². The van der Waals surface area contributed by atoms with Crippen molar-refractivity contribution in [3.63, 3.8) is 0 Å². The summed E-state index contributed by atoms with van der Waals surface area (Å²) in [5.41, 5.74) is 3.46. The second-order valence-electron chi connectivity index (χ2n) is 4.75. The van der Waals surface area contributed by atoms with Gasteiger partial charge in [-0.25, -0.2) is 18.6 Å². The zero-order valence-corrected chi connectivity index (χ0v) is 11.2. The van der Waals surface area contributed by atoms with E-state index in [1.54, 1.807) is 13.0 Å². The summed E-state index contributed by atoms with van der Waals surface area (Å²) in [7, 11) is 0. The van der Waals surface area contributed by atoms with Crippen molar-refractivity contribution < 1.29 is 13.2 Å². The lowest BCUT2D eigenvalue weighted by atomic mass is 9.95. The van der Waals surface area contributed by atoms with Crippen molar-refractivity contribution in [1.29, 1.82) is 0 Å². The summed E-state index contributed by atoms with van der Waals surface area (Å²) in [5, 5.41) is 0. The van der Waals surface area contributed by atoms with Crippen molar-refractivity contribution in [2.24, 2.45) is 5.84 Å². The summed E-state index contributed by atoms with van der Waals surface area (Å²) in [5.74, 6) is 3.53. The van der Waals surface area contributed by atoms with Gasteiger partial charge >= 0.3 is 0 Å². The Morgan fingerprint density at radius 2 is 1.75 bits per heavy atom. The van der Waals surface area contributed by atoms with E-state index in [1.807, 2.05) is 0 Å². The Morgan fingerprint density at radius 3 is 2.35 bits per heavy atom. The molecule has 0 radical (unpaired) electrons. The summed E-state index contributed by atoms with van der Waals surface area (Å²) in [6.45, 7) is 3.23. The van der Waals surface area contributed by atoms with Crippen molar-refractivity contribution in [1.82, 2.24) is 5.43 Å². The Labute approximate surface area is 115 Å². The van der Waals surface area contributed by atoms with E-state index in [1.165, 1.54) is 31.2 Å². The molecule has 2 aromatic rings. The molecule has 5 heteroatoms. The van der Waals surface area contributed by atoms with Gasteiger partial charge in [-0.1, -0.05) is 12.1 Å².